The molecule has 10 heteroatoms. The van der Waals surface area contributed by atoms with E-state index in [0.29, 0.717) is 21.6 Å². The van der Waals surface area contributed by atoms with E-state index in [-0.39, 0.29) is 13.0 Å². The third kappa shape index (κ3) is 3.04. The minimum Gasteiger partial charge on any atom is -0.459 e. The van der Waals surface area contributed by atoms with Crippen LogP contribution in [0.2, 0.25) is 4.34 Å². The summed E-state index contributed by atoms with van der Waals surface area (Å²) in [6.45, 7) is 3.76. The van der Waals surface area contributed by atoms with Crippen LogP contribution in [0, 0.1) is 13.8 Å². The molecule has 0 spiro atoms. The van der Waals surface area contributed by atoms with Crippen molar-refractivity contribution in [2.75, 3.05) is 0 Å². The van der Waals surface area contributed by atoms with Crippen LogP contribution in [0.4, 0.5) is 0 Å². The zero-order chi connectivity index (χ0) is 15.7. The zero-order valence-electron chi connectivity index (χ0n) is 11.8. The molecule has 0 aliphatic carbocycles. The largest absolute Gasteiger partial charge is 0.459 e. The fraction of sp³-hybridized carbons (Fsp3) is 0.333. The molecule has 0 saturated carbocycles. The molecule has 0 radical (unpaired) electrons. The fourth-order valence-electron chi connectivity index (χ4n) is 1.89. The average molecular weight is 339 g/mol. The second kappa shape index (κ2) is 5.93. The van der Waals surface area contributed by atoms with Crippen LogP contribution in [-0.2, 0) is 22.6 Å². The summed E-state index contributed by atoms with van der Waals surface area (Å²) in [5.74, 6) is 0.357. The van der Waals surface area contributed by atoms with Gasteiger partial charge in [-0.25, -0.2) is 9.50 Å². The third-order valence-corrected chi connectivity index (χ3v) is 3.83. The van der Waals surface area contributed by atoms with Gasteiger partial charge in [0.1, 0.15) is 23.1 Å². The first-order valence-electron chi connectivity index (χ1n) is 6.35. The highest BCUT2D eigenvalue weighted by atomic mass is 35.5. The number of carbonyl (C=O) groups is 1. The van der Waals surface area contributed by atoms with E-state index in [9.17, 15) is 4.79 Å². The predicted octanol–water partition coefficient (Wildman–Crippen LogP) is 1.53. The number of esters is 1. The first-order valence-corrected chi connectivity index (χ1v) is 7.50. The summed E-state index contributed by atoms with van der Waals surface area (Å²) in [6.07, 6.45) is -0.0446. The van der Waals surface area contributed by atoms with Gasteiger partial charge >= 0.3 is 5.97 Å². The number of ether oxygens (including phenoxy) is 1. The van der Waals surface area contributed by atoms with Crippen LogP contribution in [0.5, 0.6) is 0 Å². The Bertz CT molecular complexity index is 845. The number of fused-ring (bicyclic) bond motifs is 1. The summed E-state index contributed by atoms with van der Waals surface area (Å²) in [5.41, 5.74) is 2.18. The summed E-state index contributed by atoms with van der Waals surface area (Å²) in [6, 6.07) is 1.89. The first kappa shape index (κ1) is 14.8. The van der Waals surface area contributed by atoms with Gasteiger partial charge in [-0.05, 0) is 19.9 Å². The second-order valence-electron chi connectivity index (χ2n) is 4.61. The molecular weight excluding hydrogens is 328 g/mol. The monoisotopic (exact) mass is 338 g/mol. The van der Waals surface area contributed by atoms with Crippen molar-refractivity contribution in [2.24, 2.45) is 0 Å². The Kier molecular flexibility index (Phi) is 3.99. The van der Waals surface area contributed by atoms with Gasteiger partial charge in [-0.15, -0.1) is 10.2 Å². The van der Waals surface area contributed by atoms with E-state index in [1.54, 1.807) is 4.52 Å². The molecule has 0 atom stereocenters. The maximum atomic E-state index is 11.8. The molecule has 0 unspecified atom stereocenters. The zero-order valence-corrected chi connectivity index (χ0v) is 13.3. The Morgan fingerprint density at radius 1 is 1.41 bits per heavy atom. The highest BCUT2D eigenvalue weighted by Crippen LogP contribution is 2.17. The number of aromatic nitrogens is 6. The van der Waals surface area contributed by atoms with Gasteiger partial charge in [0.2, 0.25) is 0 Å². The van der Waals surface area contributed by atoms with Crippen LogP contribution in [0.1, 0.15) is 22.9 Å². The summed E-state index contributed by atoms with van der Waals surface area (Å²) < 4.78 is 10.8. The van der Waals surface area contributed by atoms with Crippen LogP contribution >= 0.6 is 23.1 Å². The van der Waals surface area contributed by atoms with E-state index in [0.717, 1.165) is 22.9 Å². The van der Waals surface area contributed by atoms with Gasteiger partial charge in [0.15, 0.2) is 5.82 Å². The summed E-state index contributed by atoms with van der Waals surface area (Å²) >= 11 is 6.88. The normalized spacial score (nSPS) is 11.0. The lowest BCUT2D eigenvalue weighted by atomic mass is 10.4. The van der Waals surface area contributed by atoms with E-state index < -0.39 is 5.97 Å². The molecule has 3 heterocycles. The lowest BCUT2D eigenvalue weighted by Crippen LogP contribution is -2.09. The fourth-order valence-corrected chi connectivity index (χ4v) is 2.50. The van der Waals surface area contributed by atoms with Gasteiger partial charge in [0.05, 0.1) is 0 Å². The number of nitrogens with zero attached hydrogens (tertiary/aromatic N) is 6. The van der Waals surface area contributed by atoms with E-state index in [2.05, 4.69) is 24.7 Å². The van der Waals surface area contributed by atoms with Crippen molar-refractivity contribution < 1.29 is 9.53 Å². The number of aryl methyl sites for hydroxylation is 2. The molecule has 0 amide bonds. The first-order chi connectivity index (χ1) is 10.5. The smallest absolute Gasteiger partial charge is 0.314 e. The van der Waals surface area contributed by atoms with E-state index in [1.165, 1.54) is 0 Å². The molecule has 114 valence electrons. The minimum atomic E-state index is -0.464. The van der Waals surface area contributed by atoms with Gasteiger partial charge in [-0.2, -0.15) is 4.98 Å². The summed E-state index contributed by atoms with van der Waals surface area (Å²) in [5, 5.41) is 8.01. The van der Waals surface area contributed by atoms with Crippen molar-refractivity contribution in [3.8, 4) is 0 Å². The molecule has 0 aliphatic rings. The van der Waals surface area contributed by atoms with E-state index in [4.69, 9.17) is 16.3 Å². The van der Waals surface area contributed by atoms with Crippen LogP contribution in [0.25, 0.3) is 5.78 Å². The second-order valence-corrected chi connectivity index (χ2v) is 5.97. The summed E-state index contributed by atoms with van der Waals surface area (Å²) in [4.78, 5) is 20.3. The van der Waals surface area contributed by atoms with E-state index >= 15 is 0 Å². The van der Waals surface area contributed by atoms with Crippen molar-refractivity contribution in [2.45, 2.75) is 26.9 Å². The SMILES string of the molecule is Cc1cc(C)n2nc(CC(=O)OCc3nnsc3Cl)nc2n1. The van der Waals surface area contributed by atoms with Gasteiger partial charge in [0.25, 0.3) is 5.78 Å². The number of hydrogen-bond donors (Lipinski definition) is 0. The van der Waals surface area contributed by atoms with Gasteiger partial charge < -0.3 is 4.74 Å². The van der Waals surface area contributed by atoms with Crippen molar-refractivity contribution in [3.05, 3.63) is 33.3 Å². The Labute approximate surface area is 134 Å². The standard InChI is InChI=1S/C12H11ClN6O2S/c1-6-3-7(2)19-12(14-6)15-9(17-19)4-10(20)21-5-8-11(13)22-18-16-8/h3H,4-5H2,1-2H3. The van der Waals surface area contributed by atoms with Gasteiger partial charge in [-0.3, -0.25) is 4.79 Å². The highest BCUT2D eigenvalue weighted by molar-refractivity contribution is 7.10. The molecule has 22 heavy (non-hydrogen) atoms. The highest BCUT2D eigenvalue weighted by Gasteiger charge is 2.14. The molecular formula is C12H11ClN6O2S. The molecule has 0 bridgehead atoms. The molecule has 0 aromatic carbocycles. The van der Waals surface area contributed by atoms with Crippen molar-refractivity contribution in [3.63, 3.8) is 0 Å². The molecule has 0 aliphatic heterocycles. The van der Waals surface area contributed by atoms with Crippen LogP contribution in [-0.4, -0.2) is 35.1 Å². The lowest BCUT2D eigenvalue weighted by molar-refractivity contribution is -0.144. The Balaban J connectivity index is 1.69. The Morgan fingerprint density at radius 2 is 2.23 bits per heavy atom. The molecule has 3 aromatic heterocycles. The predicted molar refractivity (Wildman–Crippen MR) is 78.7 cm³/mol. The van der Waals surface area contributed by atoms with E-state index in [1.807, 2.05) is 19.9 Å². The number of halogens is 1. The molecule has 3 rings (SSSR count). The van der Waals surface area contributed by atoms with Crippen molar-refractivity contribution in [1.29, 1.82) is 0 Å². The van der Waals surface area contributed by atoms with Crippen LogP contribution in [0.15, 0.2) is 6.07 Å². The Morgan fingerprint density at radius 3 is 2.95 bits per heavy atom. The lowest BCUT2D eigenvalue weighted by Gasteiger charge is -2.00. The van der Waals surface area contributed by atoms with Gasteiger partial charge in [0, 0.05) is 22.9 Å². The van der Waals surface area contributed by atoms with Crippen LogP contribution in [0.3, 0.4) is 0 Å². The molecule has 0 fully saturated rings. The average Bonchev–Trinajstić information content (AvgIpc) is 3.02. The maximum Gasteiger partial charge on any atom is 0.314 e. The molecule has 8 nitrogen and oxygen atoms in total. The van der Waals surface area contributed by atoms with Crippen molar-refractivity contribution in [1.82, 2.24) is 29.2 Å². The molecule has 0 saturated heterocycles. The minimum absolute atomic E-state index is 0.0159. The molecule has 0 N–H and O–H groups in total. The van der Waals surface area contributed by atoms with Gasteiger partial charge in [-0.1, -0.05) is 16.1 Å². The number of hydrogen-bond acceptors (Lipinski definition) is 8. The Hall–Kier alpha value is -2.13. The summed E-state index contributed by atoms with van der Waals surface area (Å²) in [7, 11) is 0. The topological polar surface area (TPSA) is 95.2 Å². The van der Waals surface area contributed by atoms with Crippen LogP contribution < -0.4 is 0 Å². The number of rotatable bonds is 4. The molecule has 3 aromatic rings. The number of carbonyl (C=O) groups excluding carboxylic acids is 1. The van der Waals surface area contributed by atoms with Crippen molar-refractivity contribution >= 4 is 34.9 Å². The maximum absolute atomic E-state index is 11.8. The third-order valence-electron chi connectivity index (χ3n) is 2.84. The quantitative estimate of drug-likeness (QED) is 0.665.